The fourth-order valence-electron chi connectivity index (χ4n) is 3.19. The van der Waals surface area contributed by atoms with Crippen molar-refractivity contribution in [2.45, 2.75) is 19.1 Å². The van der Waals surface area contributed by atoms with Gasteiger partial charge in [0, 0.05) is 12.1 Å². The van der Waals surface area contributed by atoms with Gasteiger partial charge in [0.1, 0.15) is 6.10 Å². The van der Waals surface area contributed by atoms with Gasteiger partial charge in [-0.25, -0.2) is 14.4 Å². The molecule has 0 aliphatic heterocycles. The smallest absolute Gasteiger partial charge is 0.338 e. The monoisotopic (exact) mass is 459 g/mol. The molecular formula is C27H25NO6. The molecule has 0 saturated carbocycles. The fraction of sp³-hybridized carbons (Fsp3) is 0.185. The Morgan fingerprint density at radius 1 is 0.706 bits per heavy atom. The van der Waals surface area contributed by atoms with Gasteiger partial charge in [0.15, 0.2) is 6.10 Å². The van der Waals surface area contributed by atoms with E-state index < -0.39 is 36.0 Å². The summed E-state index contributed by atoms with van der Waals surface area (Å²) in [6.45, 7) is 1.57. The molecule has 3 atom stereocenters. The maximum Gasteiger partial charge on any atom is 0.338 e. The highest BCUT2D eigenvalue weighted by Gasteiger charge is 2.34. The van der Waals surface area contributed by atoms with Gasteiger partial charge in [-0.2, -0.15) is 0 Å². The van der Waals surface area contributed by atoms with E-state index in [-0.39, 0.29) is 6.61 Å². The third kappa shape index (κ3) is 6.62. The number of ether oxygens (including phenoxy) is 3. The topological polar surface area (TPSA) is 103 Å². The summed E-state index contributed by atoms with van der Waals surface area (Å²) in [5.74, 6) is -2.43. The molecule has 0 fully saturated rings. The van der Waals surface area contributed by atoms with Gasteiger partial charge < -0.3 is 19.6 Å². The molecule has 1 N–H and O–H groups in total. The Kier molecular flexibility index (Phi) is 8.68. The number of hydrogen-bond donors (Lipinski definition) is 1. The molecule has 0 aliphatic rings. The summed E-state index contributed by atoms with van der Waals surface area (Å²) < 4.78 is 16.6. The molecule has 0 radical (unpaired) electrons. The van der Waals surface area contributed by atoms with Crippen LogP contribution in [0.15, 0.2) is 91.0 Å². The molecule has 0 spiro atoms. The molecule has 0 aromatic heterocycles. The molecule has 0 unspecified atom stereocenters. The highest BCUT2D eigenvalue weighted by Crippen LogP contribution is 2.19. The van der Waals surface area contributed by atoms with Gasteiger partial charge in [-0.15, -0.1) is 0 Å². The Balaban J connectivity index is 1.76. The molecule has 0 bridgehead atoms. The lowest BCUT2D eigenvalue weighted by atomic mass is 10.00. The Hall–Kier alpha value is -4.26. The van der Waals surface area contributed by atoms with Crippen molar-refractivity contribution in [3.05, 3.63) is 108 Å². The number of esters is 3. The Morgan fingerprint density at radius 3 is 1.56 bits per heavy atom. The Morgan fingerprint density at radius 2 is 1.12 bits per heavy atom. The van der Waals surface area contributed by atoms with Crippen LogP contribution in [0.3, 0.4) is 0 Å². The molecule has 0 saturated heterocycles. The summed E-state index contributed by atoms with van der Waals surface area (Å²) in [5, 5.41) is 7.84. The van der Waals surface area contributed by atoms with Crippen LogP contribution in [0.1, 0.15) is 38.0 Å². The van der Waals surface area contributed by atoms with Gasteiger partial charge in [0.25, 0.3) is 0 Å². The average molecular weight is 459 g/mol. The Labute approximate surface area is 197 Å². The maximum atomic E-state index is 12.7. The van der Waals surface area contributed by atoms with Crippen LogP contribution in [0.4, 0.5) is 0 Å². The van der Waals surface area contributed by atoms with Crippen molar-refractivity contribution >= 4 is 24.1 Å². The summed E-state index contributed by atoms with van der Waals surface area (Å²) >= 11 is 0. The van der Waals surface area contributed by atoms with Crippen LogP contribution in [-0.2, 0) is 14.2 Å². The quantitative estimate of drug-likeness (QED) is 0.270. The third-order valence-electron chi connectivity index (χ3n) is 5.04. The fourth-order valence-corrected chi connectivity index (χ4v) is 3.19. The predicted octanol–water partition coefficient (Wildman–Crippen LogP) is 4.58. The standard InChI is InChI=1S/C27H25NO6/c1-19(18-32-25(29)20-11-5-2-6-12-20)24(34-27(31)22-15-9-4-10-16-22)23(17-28)33-26(30)21-13-7-3-8-14-21/h2-17,19,23-24,28H,18H2,1H3/t19-,23-,24+/m0/s1. The van der Waals surface area contributed by atoms with Gasteiger partial charge >= 0.3 is 17.9 Å². The minimum Gasteiger partial charge on any atom is -0.462 e. The van der Waals surface area contributed by atoms with E-state index in [0.717, 1.165) is 6.21 Å². The van der Waals surface area contributed by atoms with E-state index in [1.165, 1.54) is 0 Å². The first-order chi connectivity index (χ1) is 16.5. The van der Waals surface area contributed by atoms with Crippen molar-refractivity contribution in [3.63, 3.8) is 0 Å². The molecule has 0 amide bonds. The molecule has 7 nitrogen and oxygen atoms in total. The second kappa shape index (κ2) is 12.1. The number of rotatable bonds is 10. The zero-order valence-corrected chi connectivity index (χ0v) is 18.6. The summed E-state index contributed by atoms with van der Waals surface area (Å²) in [5.41, 5.74) is 0.983. The van der Waals surface area contributed by atoms with Crippen LogP contribution < -0.4 is 0 Å². The lowest BCUT2D eigenvalue weighted by Crippen LogP contribution is -2.42. The Bertz CT molecular complexity index is 1100. The molecule has 3 aromatic carbocycles. The van der Waals surface area contributed by atoms with E-state index in [2.05, 4.69) is 0 Å². The lowest BCUT2D eigenvalue weighted by molar-refractivity contribution is -0.0426. The number of carbonyl (C=O) groups is 3. The predicted molar refractivity (Wildman–Crippen MR) is 126 cm³/mol. The van der Waals surface area contributed by atoms with E-state index in [4.69, 9.17) is 19.6 Å². The third-order valence-corrected chi connectivity index (χ3v) is 5.04. The summed E-state index contributed by atoms with van der Waals surface area (Å²) in [7, 11) is 0. The van der Waals surface area contributed by atoms with E-state index in [0.29, 0.717) is 16.7 Å². The van der Waals surface area contributed by atoms with E-state index >= 15 is 0 Å². The van der Waals surface area contributed by atoms with Crippen LogP contribution in [-0.4, -0.2) is 42.9 Å². The summed E-state index contributed by atoms with van der Waals surface area (Å²) in [6.07, 6.45) is -1.36. The van der Waals surface area contributed by atoms with Gasteiger partial charge in [0.05, 0.1) is 23.3 Å². The second-order valence-corrected chi connectivity index (χ2v) is 7.58. The number of nitrogens with one attached hydrogen (secondary N) is 1. The summed E-state index contributed by atoms with van der Waals surface area (Å²) in [4.78, 5) is 37.7. The summed E-state index contributed by atoms with van der Waals surface area (Å²) in [6, 6.07) is 25.1. The zero-order chi connectivity index (χ0) is 24.3. The van der Waals surface area contributed by atoms with Crippen molar-refractivity contribution in [3.8, 4) is 0 Å². The highest BCUT2D eigenvalue weighted by atomic mass is 16.6. The van der Waals surface area contributed by atoms with Gasteiger partial charge in [-0.05, 0) is 36.4 Å². The van der Waals surface area contributed by atoms with Crippen LogP contribution in [0.2, 0.25) is 0 Å². The molecule has 34 heavy (non-hydrogen) atoms. The lowest BCUT2D eigenvalue weighted by Gasteiger charge is -2.29. The molecule has 0 aliphatic carbocycles. The molecule has 7 heteroatoms. The minimum absolute atomic E-state index is 0.117. The van der Waals surface area contributed by atoms with Gasteiger partial charge in [0.2, 0.25) is 0 Å². The van der Waals surface area contributed by atoms with Crippen molar-refractivity contribution in [2.24, 2.45) is 5.92 Å². The van der Waals surface area contributed by atoms with Gasteiger partial charge in [-0.3, -0.25) is 0 Å². The zero-order valence-electron chi connectivity index (χ0n) is 18.6. The number of benzene rings is 3. The maximum absolute atomic E-state index is 12.7. The van der Waals surface area contributed by atoms with Crippen LogP contribution in [0.5, 0.6) is 0 Å². The average Bonchev–Trinajstić information content (AvgIpc) is 2.90. The van der Waals surface area contributed by atoms with Crippen molar-refractivity contribution in [2.75, 3.05) is 6.61 Å². The first-order valence-corrected chi connectivity index (χ1v) is 10.7. The van der Waals surface area contributed by atoms with E-state index in [1.807, 2.05) is 0 Å². The van der Waals surface area contributed by atoms with Gasteiger partial charge in [-0.1, -0.05) is 61.5 Å². The van der Waals surface area contributed by atoms with Crippen molar-refractivity contribution in [1.29, 1.82) is 5.41 Å². The van der Waals surface area contributed by atoms with Crippen LogP contribution >= 0.6 is 0 Å². The van der Waals surface area contributed by atoms with Crippen molar-refractivity contribution in [1.82, 2.24) is 0 Å². The van der Waals surface area contributed by atoms with Crippen molar-refractivity contribution < 1.29 is 28.6 Å². The first kappa shape index (κ1) is 24.4. The minimum atomic E-state index is -1.19. The SMILES string of the molecule is C[C@@H](COC(=O)c1ccccc1)[C@@H](OC(=O)c1ccccc1)[C@H](C=N)OC(=O)c1ccccc1. The molecule has 0 heterocycles. The molecule has 3 aromatic rings. The molecule has 174 valence electrons. The highest BCUT2D eigenvalue weighted by molar-refractivity contribution is 5.91. The molecular weight excluding hydrogens is 434 g/mol. The van der Waals surface area contributed by atoms with E-state index in [1.54, 1.807) is 97.9 Å². The largest absolute Gasteiger partial charge is 0.462 e. The van der Waals surface area contributed by atoms with Crippen LogP contribution in [0, 0.1) is 11.3 Å². The van der Waals surface area contributed by atoms with Crippen LogP contribution in [0.25, 0.3) is 0 Å². The first-order valence-electron chi connectivity index (χ1n) is 10.7. The second-order valence-electron chi connectivity index (χ2n) is 7.58. The number of hydrogen-bond acceptors (Lipinski definition) is 7. The normalized spacial score (nSPS) is 13.1. The van der Waals surface area contributed by atoms with E-state index in [9.17, 15) is 14.4 Å². The number of carbonyl (C=O) groups excluding carboxylic acids is 3. The molecule has 3 rings (SSSR count).